The molecular weight excluding hydrogens is 213 g/mol. The lowest BCUT2D eigenvalue weighted by atomic mass is 9.50. The molecule has 0 aliphatic carbocycles. The molecule has 0 N–H and O–H groups in total. The molecule has 0 fully saturated rings. The number of aromatic nitrogens is 1. The van der Waals surface area contributed by atoms with Gasteiger partial charge in [0.15, 0.2) is 18.2 Å². The van der Waals surface area contributed by atoms with E-state index in [0.717, 1.165) is 16.7 Å². The highest BCUT2D eigenvalue weighted by molar-refractivity contribution is 6.70. The molecule has 17 heavy (non-hydrogen) atoms. The van der Waals surface area contributed by atoms with E-state index < -0.39 is 0 Å². The van der Waals surface area contributed by atoms with Gasteiger partial charge in [-0.15, -0.1) is 0 Å². The van der Waals surface area contributed by atoms with Crippen molar-refractivity contribution < 1.29 is 9.47 Å². The first-order valence-corrected chi connectivity index (χ1v) is 5.67. The Morgan fingerprint density at radius 2 is 1.65 bits per heavy atom. The van der Waals surface area contributed by atoms with Crippen molar-refractivity contribution >= 4 is 23.1 Å². The Kier molecular flexibility index (Phi) is 3.22. The summed E-state index contributed by atoms with van der Waals surface area (Å²) in [4.78, 5) is 4.45. The highest BCUT2D eigenvalue weighted by atomic mass is 16.5. The third-order valence-corrected chi connectivity index (χ3v) is 2.87. The van der Waals surface area contributed by atoms with Gasteiger partial charge < -0.3 is 9.47 Å². The van der Waals surface area contributed by atoms with Crippen LogP contribution in [0.15, 0.2) is 24.4 Å². The van der Waals surface area contributed by atoms with Crippen LogP contribution in [0.25, 0.3) is 10.9 Å². The fourth-order valence-corrected chi connectivity index (χ4v) is 1.79. The number of pyridine rings is 1. The largest absolute Gasteiger partial charge is 0.493 e. The van der Waals surface area contributed by atoms with Gasteiger partial charge in [0.25, 0.3) is 0 Å². The zero-order valence-electron chi connectivity index (χ0n) is 10.7. The number of ether oxygens (including phenoxy) is 2. The Balaban J connectivity index is 2.62. The maximum atomic E-state index is 5.29. The number of hydrogen-bond donors (Lipinski definition) is 0. The predicted octanol–water partition coefficient (Wildman–Crippen LogP) is 2.21. The zero-order valence-corrected chi connectivity index (χ0v) is 10.7. The van der Waals surface area contributed by atoms with Crippen LogP contribution >= 0.6 is 0 Å². The van der Waals surface area contributed by atoms with Crippen molar-refractivity contribution in [3.8, 4) is 11.5 Å². The van der Waals surface area contributed by atoms with Gasteiger partial charge in [-0.05, 0) is 6.07 Å². The summed E-state index contributed by atoms with van der Waals surface area (Å²) in [7, 11) is 3.27. The summed E-state index contributed by atoms with van der Waals surface area (Å²) < 4.78 is 10.5. The molecule has 0 aliphatic rings. The molecule has 0 spiro atoms. The Bertz CT molecular complexity index is 540. The molecule has 1 heterocycles. The van der Waals surface area contributed by atoms with Gasteiger partial charge in [-0.3, -0.25) is 4.98 Å². The topological polar surface area (TPSA) is 31.4 Å². The molecule has 1 aromatic carbocycles. The summed E-state index contributed by atoms with van der Waals surface area (Å²) in [5, 5.41) is 1.08. The zero-order chi connectivity index (χ0) is 12.4. The van der Waals surface area contributed by atoms with Crippen LogP contribution in [0.4, 0.5) is 0 Å². The number of benzene rings is 1. The molecule has 1 aromatic heterocycles. The number of hydrogen-bond acceptors (Lipinski definition) is 3. The number of fused-ring (bicyclic) bond motifs is 1. The molecule has 3 nitrogen and oxygen atoms in total. The SMILES string of the molecule is COc1cc2cc(B(C)C)cnc2cc1OC. The van der Waals surface area contributed by atoms with Crippen LogP contribution in [0.3, 0.4) is 0 Å². The monoisotopic (exact) mass is 229 g/mol. The first kappa shape index (κ1) is 11.8. The van der Waals surface area contributed by atoms with Gasteiger partial charge in [0.2, 0.25) is 0 Å². The van der Waals surface area contributed by atoms with Crippen molar-refractivity contribution in [3.05, 3.63) is 24.4 Å². The van der Waals surface area contributed by atoms with E-state index >= 15 is 0 Å². The fraction of sp³-hybridized carbons (Fsp3) is 0.308. The molecule has 0 atom stereocenters. The molecular formula is C13H16BNO2. The van der Waals surface area contributed by atoms with Gasteiger partial charge >= 0.3 is 0 Å². The maximum Gasteiger partial charge on any atom is 0.171 e. The molecule has 4 heteroatoms. The van der Waals surface area contributed by atoms with E-state index in [1.54, 1.807) is 14.2 Å². The van der Waals surface area contributed by atoms with E-state index in [0.29, 0.717) is 12.5 Å². The lowest BCUT2D eigenvalue weighted by molar-refractivity contribution is 0.356. The van der Waals surface area contributed by atoms with Crippen LogP contribution in [-0.2, 0) is 0 Å². The molecule has 88 valence electrons. The molecule has 0 saturated heterocycles. The van der Waals surface area contributed by atoms with E-state index in [1.807, 2.05) is 18.3 Å². The van der Waals surface area contributed by atoms with Gasteiger partial charge in [0.1, 0.15) is 0 Å². The number of methoxy groups -OCH3 is 2. The summed E-state index contributed by atoms with van der Waals surface area (Å²) in [6.07, 6.45) is 1.92. The second-order valence-corrected chi connectivity index (χ2v) is 4.32. The van der Waals surface area contributed by atoms with Crippen molar-refractivity contribution in [2.75, 3.05) is 14.2 Å². The lowest BCUT2D eigenvalue weighted by Crippen LogP contribution is -2.22. The molecule has 0 bridgehead atoms. The number of rotatable bonds is 3. The van der Waals surface area contributed by atoms with Gasteiger partial charge in [0, 0.05) is 17.6 Å². The summed E-state index contributed by atoms with van der Waals surface area (Å²) in [5.74, 6) is 1.45. The minimum Gasteiger partial charge on any atom is -0.493 e. The smallest absolute Gasteiger partial charge is 0.171 e. The lowest BCUT2D eigenvalue weighted by Gasteiger charge is -2.10. The maximum absolute atomic E-state index is 5.29. The van der Waals surface area contributed by atoms with Crippen LogP contribution in [0.5, 0.6) is 11.5 Å². The fourth-order valence-electron chi connectivity index (χ4n) is 1.79. The van der Waals surface area contributed by atoms with Crippen molar-refractivity contribution in [2.45, 2.75) is 13.6 Å². The normalized spacial score (nSPS) is 10.4. The van der Waals surface area contributed by atoms with Crippen molar-refractivity contribution in [1.29, 1.82) is 0 Å². The first-order chi connectivity index (χ1) is 8.15. The van der Waals surface area contributed by atoms with E-state index in [2.05, 4.69) is 24.7 Å². The van der Waals surface area contributed by atoms with E-state index in [4.69, 9.17) is 9.47 Å². The highest BCUT2D eigenvalue weighted by Crippen LogP contribution is 2.30. The Morgan fingerprint density at radius 3 is 2.24 bits per heavy atom. The van der Waals surface area contributed by atoms with E-state index in [1.165, 1.54) is 5.46 Å². The Hall–Kier alpha value is -1.71. The van der Waals surface area contributed by atoms with Crippen molar-refractivity contribution in [2.24, 2.45) is 0 Å². The van der Waals surface area contributed by atoms with Crippen LogP contribution in [0, 0.1) is 0 Å². The number of nitrogens with zero attached hydrogens (tertiary/aromatic N) is 1. The third-order valence-electron chi connectivity index (χ3n) is 2.87. The summed E-state index contributed by atoms with van der Waals surface area (Å²) in [5.41, 5.74) is 2.15. The molecule has 0 amide bonds. The molecule has 0 radical (unpaired) electrons. The second kappa shape index (κ2) is 4.66. The summed E-state index contributed by atoms with van der Waals surface area (Å²) in [6.45, 7) is 4.78. The van der Waals surface area contributed by atoms with Crippen LogP contribution < -0.4 is 14.9 Å². The standard InChI is InChI=1S/C13H16BNO2/c1-14(2)10-5-9-6-12(16-3)13(17-4)7-11(9)15-8-10/h5-8H,1-4H3. The van der Waals surface area contributed by atoms with Crippen molar-refractivity contribution in [1.82, 2.24) is 4.98 Å². The van der Waals surface area contributed by atoms with Crippen LogP contribution in [-0.4, -0.2) is 25.9 Å². The quantitative estimate of drug-likeness (QED) is 0.756. The van der Waals surface area contributed by atoms with Gasteiger partial charge in [0.05, 0.1) is 19.7 Å². The molecule has 0 saturated carbocycles. The first-order valence-electron chi connectivity index (χ1n) is 5.67. The Labute approximate surface area is 102 Å². The second-order valence-electron chi connectivity index (χ2n) is 4.32. The minimum atomic E-state index is 0.472. The molecule has 0 aliphatic heterocycles. The minimum absolute atomic E-state index is 0.472. The molecule has 2 aromatic rings. The molecule has 0 unspecified atom stereocenters. The summed E-state index contributed by atoms with van der Waals surface area (Å²) >= 11 is 0. The average Bonchev–Trinajstić information content (AvgIpc) is 2.36. The Morgan fingerprint density at radius 1 is 1.00 bits per heavy atom. The predicted molar refractivity (Wildman–Crippen MR) is 72.0 cm³/mol. The van der Waals surface area contributed by atoms with Gasteiger partial charge in [-0.25, -0.2) is 0 Å². The third kappa shape index (κ3) is 2.21. The van der Waals surface area contributed by atoms with Gasteiger partial charge in [-0.1, -0.05) is 25.2 Å². The van der Waals surface area contributed by atoms with Crippen LogP contribution in [0.1, 0.15) is 0 Å². The van der Waals surface area contributed by atoms with Crippen LogP contribution in [0.2, 0.25) is 13.6 Å². The van der Waals surface area contributed by atoms with Crippen molar-refractivity contribution in [3.63, 3.8) is 0 Å². The highest BCUT2D eigenvalue weighted by Gasteiger charge is 2.09. The van der Waals surface area contributed by atoms with Gasteiger partial charge in [-0.2, -0.15) is 0 Å². The average molecular weight is 229 g/mol. The van der Waals surface area contributed by atoms with E-state index in [-0.39, 0.29) is 0 Å². The van der Waals surface area contributed by atoms with E-state index in [9.17, 15) is 0 Å². The summed E-state index contributed by atoms with van der Waals surface area (Å²) in [6, 6.07) is 6.01. The molecule has 2 rings (SSSR count).